The minimum Gasteiger partial charge on any atom is -0.273 e. The maximum Gasteiger partial charge on any atom is 0.247 e. The van der Waals surface area contributed by atoms with E-state index in [0.717, 1.165) is 17.7 Å². The predicted molar refractivity (Wildman–Crippen MR) is 103 cm³/mol. The molecule has 1 aromatic carbocycles. The van der Waals surface area contributed by atoms with Gasteiger partial charge in [-0.3, -0.25) is 9.36 Å². The minimum absolute atomic E-state index is 0.255. The number of hydrogen-bond donors (Lipinski definition) is 0. The summed E-state index contributed by atoms with van der Waals surface area (Å²) < 4.78 is 31.9. The molecule has 0 atom stereocenters. The highest BCUT2D eigenvalue weighted by atomic mass is 32.2. The van der Waals surface area contributed by atoms with Gasteiger partial charge in [0.25, 0.3) is 0 Å². The summed E-state index contributed by atoms with van der Waals surface area (Å²) in [4.78, 5) is 0.281. The number of benzene rings is 1. The number of aryl methyl sites for hydroxylation is 3. The van der Waals surface area contributed by atoms with Crippen molar-refractivity contribution < 1.29 is 8.42 Å². The van der Waals surface area contributed by atoms with Crippen LogP contribution in [0.4, 0.5) is 0 Å². The van der Waals surface area contributed by atoms with Crippen LogP contribution in [-0.2, 0) is 36.7 Å². The van der Waals surface area contributed by atoms with E-state index >= 15 is 0 Å². The van der Waals surface area contributed by atoms with Crippen molar-refractivity contribution in [3.8, 4) is 0 Å². The highest BCUT2D eigenvalue weighted by Gasteiger charge is 2.31. The SMILES string of the molecule is CCn1cc(CN(Cc2ccccc2)S(=O)(=O)c2c(C)nn(C)c2C)cn1. The summed E-state index contributed by atoms with van der Waals surface area (Å²) in [6.07, 6.45) is 3.61. The maximum atomic E-state index is 13.5. The van der Waals surface area contributed by atoms with Crippen LogP contribution in [0.3, 0.4) is 0 Å². The van der Waals surface area contributed by atoms with Crippen LogP contribution in [0.2, 0.25) is 0 Å². The molecule has 0 N–H and O–H groups in total. The predicted octanol–water partition coefficient (Wildman–Crippen LogP) is 2.64. The molecule has 0 spiro atoms. The highest BCUT2D eigenvalue weighted by Crippen LogP contribution is 2.26. The van der Waals surface area contributed by atoms with Crippen LogP contribution in [0.25, 0.3) is 0 Å². The van der Waals surface area contributed by atoms with Crippen molar-refractivity contribution in [3.63, 3.8) is 0 Å². The molecule has 0 aliphatic rings. The molecule has 0 unspecified atom stereocenters. The van der Waals surface area contributed by atoms with Crippen LogP contribution in [0.5, 0.6) is 0 Å². The first-order valence-corrected chi connectivity index (χ1v) is 10.3. The van der Waals surface area contributed by atoms with E-state index in [2.05, 4.69) is 10.2 Å². The Balaban J connectivity index is 2.02. The van der Waals surface area contributed by atoms with Crippen LogP contribution in [0.15, 0.2) is 47.6 Å². The number of rotatable bonds is 7. The topological polar surface area (TPSA) is 73.0 Å². The molecule has 0 bridgehead atoms. The second-order valence-corrected chi connectivity index (χ2v) is 8.46. The van der Waals surface area contributed by atoms with E-state index in [1.54, 1.807) is 36.5 Å². The summed E-state index contributed by atoms with van der Waals surface area (Å²) in [5, 5.41) is 8.55. The average molecular weight is 388 g/mol. The lowest BCUT2D eigenvalue weighted by Gasteiger charge is -2.22. The van der Waals surface area contributed by atoms with Gasteiger partial charge in [-0.05, 0) is 26.3 Å². The standard InChI is InChI=1S/C19H25N5O2S/c1-5-23-12-18(11-20-23)14-24(13-17-9-7-6-8-10-17)27(25,26)19-15(2)21-22(4)16(19)3/h6-12H,5,13-14H2,1-4H3. The van der Waals surface area contributed by atoms with E-state index in [9.17, 15) is 8.42 Å². The van der Waals surface area contributed by atoms with Gasteiger partial charge in [0.1, 0.15) is 4.90 Å². The number of hydrogen-bond acceptors (Lipinski definition) is 4. The maximum absolute atomic E-state index is 13.5. The van der Waals surface area contributed by atoms with Gasteiger partial charge in [-0.25, -0.2) is 8.42 Å². The van der Waals surface area contributed by atoms with Gasteiger partial charge in [-0.2, -0.15) is 14.5 Å². The van der Waals surface area contributed by atoms with Crippen molar-refractivity contribution in [1.82, 2.24) is 23.9 Å². The van der Waals surface area contributed by atoms with Gasteiger partial charge in [0.2, 0.25) is 10.0 Å². The zero-order chi connectivity index (χ0) is 19.6. The average Bonchev–Trinajstić information content (AvgIpc) is 3.19. The quantitative estimate of drug-likeness (QED) is 0.625. The first kappa shape index (κ1) is 19.3. The van der Waals surface area contributed by atoms with Gasteiger partial charge in [-0.1, -0.05) is 30.3 Å². The summed E-state index contributed by atoms with van der Waals surface area (Å²) >= 11 is 0. The molecule has 0 aliphatic heterocycles. The van der Waals surface area contributed by atoms with E-state index < -0.39 is 10.0 Å². The smallest absolute Gasteiger partial charge is 0.247 e. The molecule has 2 heterocycles. The van der Waals surface area contributed by atoms with Gasteiger partial charge < -0.3 is 0 Å². The van der Waals surface area contributed by atoms with Crippen molar-refractivity contribution in [2.45, 2.75) is 45.3 Å². The van der Waals surface area contributed by atoms with Crippen molar-refractivity contribution >= 4 is 10.0 Å². The molecule has 0 aliphatic carbocycles. The van der Waals surface area contributed by atoms with Gasteiger partial charge >= 0.3 is 0 Å². The number of nitrogens with zero attached hydrogens (tertiary/aromatic N) is 5. The molecule has 8 heteroatoms. The Labute approximate surface area is 160 Å². The Bertz CT molecular complexity index is 1020. The summed E-state index contributed by atoms with van der Waals surface area (Å²) in [5.41, 5.74) is 2.94. The lowest BCUT2D eigenvalue weighted by Crippen LogP contribution is -2.31. The molecular formula is C19H25N5O2S. The zero-order valence-corrected chi connectivity index (χ0v) is 16.9. The normalized spacial score (nSPS) is 12.0. The molecule has 0 saturated heterocycles. The molecule has 7 nitrogen and oxygen atoms in total. The summed E-state index contributed by atoms with van der Waals surface area (Å²) in [6, 6.07) is 9.61. The van der Waals surface area contributed by atoms with E-state index in [4.69, 9.17) is 0 Å². The molecule has 0 saturated carbocycles. The van der Waals surface area contributed by atoms with E-state index in [1.807, 2.05) is 43.5 Å². The third-order valence-corrected chi connectivity index (χ3v) is 6.66. The lowest BCUT2D eigenvalue weighted by atomic mass is 10.2. The van der Waals surface area contributed by atoms with Crippen LogP contribution in [0.1, 0.15) is 29.4 Å². The molecular weight excluding hydrogens is 362 g/mol. The Morgan fingerprint density at radius 3 is 2.30 bits per heavy atom. The van der Waals surface area contributed by atoms with E-state index in [-0.39, 0.29) is 18.0 Å². The molecule has 2 aromatic heterocycles. The fraction of sp³-hybridized carbons (Fsp3) is 0.368. The monoisotopic (exact) mass is 387 g/mol. The molecule has 0 radical (unpaired) electrons. The van der Waals surface area contributed by atoms with E-state index in [0.29, 0.717) is 11.4 Å². The second-order valence-electron chi connectivity index (χ2n) is 6.59. The third kappa shape index (κ3) is 3.96. The first-order chi connectivity index (χ1) is 12.8. The molecule has 3 aromatic rings. The second kappa shape index (κ2) is 7.66. The Kier molecular flexibility index (Phi) is 5.48. The van der Waals surface area contributed by atoms with Crippen LogP contribution >= 0.6 is 0 Å². The first-order valence-electron chi connectivity index (χ1n) is 8.88. The molecule has 144 valence electrons. The van der Waals surface area contributed by atoms with Gasteiger partial charge in [-0.15, -0.1) is 0 Å². The fourth-order valence-corrected chi connectivity index (χ4v) is 4.95. The third-order valence-electron chi connectivity index (χ3n) is 4.61. The Morgan fingerprint density at radius 2 is 1.74 bits per heavy atom. The fourth-order valence-electron chi connectivity index (χ4n) is 3.13. The van der Waals surface area contributed by atoms with Crippen LogP contribution in [-0.4, -0.2) is 32.3 Å². The molecule has 0 fully saturated rings. The Morgan fingerprint density at radius 1 is 1.07 bits per heavy atom. The van der Waals surface area contributed by atoms with Crippen LogP contribution < -0.4 is 0 Å². The van der Waals surface area contributed by atoms with E-state index in [1.165, 1.54) is 4.31 Å². The summed E-state index contributed by atoms with van der Waals surface area (Å²) in [5.74, 6) is 0. The molecule has 0 amide bonds. The zero-order valence-electron chi connectivity index (χ0n) is 16.1. The Hall–Kier alpha value is -2.45. The van der Waals surface area contributed by atoms with Gasteiger partial charge in [0.15, 0.2) is 0 Å². The molecule has 27 heavy (non-hydrogen) atoms. The number of aromatic nitrogens is 4. The van der Waals surface area contributed by atoms with Gasteiger partial charge in [0, 0.05) is 38.4 Å². The minimum atomic E-state index is -3.72. The summed E-state index contributed by atoms with van der Waals surface area (Å²) in [7, 11) is -1.96. The summed E-state index contributed by atoms with van der Waals surface area (Å²) in [6.45, 7) is 6.79. The molecule has 3 rings (SSSR count). The van der Waals surface area contributed by atoms with Crippen molar-refractivity contribution in [1.29, 1.82) is 0 Å². The van der Waals surface area contributed by atoms with Crippen molar-refractivity contribution in [2.75, 3.05) is 0 Å². The highest BCUT2D eigenvalue weighted by molar-refractivity contribution is 7.89. The van der Waals surface area contributed by atoms with Crippen molar-refractivity contribution in [3.05, 3.63) is 65.2 Å². The van der Waals surface area contributed by atoms with Crippen LogP contribution in [0, 0.1) is 13.8 Å². The lowest BCUT2D eigenvalue weighted by molar-refractivity contribution is 0.400. The van der Waals surface area contributed by atoms with Crippen molar-refractivity contribution in [2.24, 2.45) is 7.05 Å². The number of sulfonamides is 1. The largest absolute Gasteiger partial charge is 0.273 e. The van der Waals surface area contributed by atoms with Gasteiger partial charge in [0.05, 0.1) is 17.6 Å².